The fourth-order valence-corrected chi connectivity index (χ4v) is 1.18. The quantitative estimate of drug-likeness (QED) is 0.457. The molecule has 0 aromatic rings. The highest BCUT2D eigenvalue weighted by Crippen LogP contribution is 2.12. The third kappa shape index (κ3) is 1.68. The van der Waals surface area contributed by atoms with E-state index in [-0.39, 0.29) is 0 Å². The van der Waals surface area contributed by atoms with E-state index in [9.17, 15) is 4.21 Å². The normalized spacial score (nSPS) is 22.9. The second kappa shape index (κ2) is 3.53. The van der Waals surface area contributed by atoms with Crippen molar-refractivity contribution in [1.82, 2.24) is 0 Å². The first-order chi connectivity index (χ1) is 4.84. The molecule has 1 unspecified atom stereocenters. The Morgan fingerprint density at radius 2 is 2.50 bits per heavy atom. The minimum absolute atomic E-state index is 0.363. The van der Waals surface area contributed by atoms with Crippen molar-refractivity contribution in [2.45, 2.75) is 6.92 Å². The molecule has 0 radical (unpaired) electrons. The number of hydrogen-bond donors (Lipinski definition) is 0. The first-order valence-electron chi connectivity index (χ1n) is 2.93. The van der Waals surface area contributed by atoms with Crippen LogP contribution in [-0.4, -0.2) is 10.8 Å². The zero-order chi connectivity index (χ0) is 7.40. The lowest BCUT2D eigenvalue weighted by atomic mass is 10.6. The molecule has 1 heterocycles. The average Bonchev–Trinajstić information content (AvgIpc) is 2.31. The fourth-order valence-electron chi connectivity index (χ4n) is 0.502. The predicted molar refractivity (Wildman–Crippen MR) is 38.1 cm³/mol. The van der Waals surface area contributed by atoms with E-state index in [1.165, 1.54) is 5.41 Å². The van der Waals surface area contributed by atoms with Crippen LogP contribution in [0, 0.1) is 0 Å². The van der Waals surface area contributed by atoms with Crippen LogP contribution in [0.25, 0.3) is 0 Å². The molecule has 1 aliphatic heterocycles. The largest absolute Gasteiger partial charge is 0.327 e. The SMILES string of the molecule is CCOOC1=CC=CS1=O. The Morgan fingerprint density at radius 3 is 3.00 bits per heavy atom. The van der Waals surface area contributed by atoms with Gasteiger partial charge < -0.3 is 4.89 Å². The van der Waals surface area contributed by atoms with Crippen LogP contribution < -0.4 is 0 Å². The van der Waals surface area contributed by atoms with E-state index in [1.54, 1.807) is 19.1 Å². The zero-order valence-electron chi connectivity index (χ0n) is 5.57. The van der Waals surface area contributed by atoms with Gasteiger partial charge in [-0.15, -0.1) is 0 Å². The van der Waals surface area contributed by atoms with Gasteiger partial charge in [0.25, 0.3) is 0 Å². The topological polar surface area (TPSA) is 35.5 Å². The van der Waals surface area contributed by atoms with Crippen molar-refractivity contribution in [2.75, 3.05) is 6.61 Å². The van der Waals surface area contributed by atoms with Crippen molar-refractivity contribution in [3.63, 3.8) is 0 Å². The van der Waals surface area contributed by atoms with Gasteiger partial charge in [0, 0.05) is 5.41 Å². The van der Waals surface area contributed by atoms with Crippen LogP contribution in [0.4, 0.5) is 0 Å². The Bertz CT molecular complexity index is 195. The van der Waals surface area contributed by atoms with E-state index < -0.39 is 10.8 Å². The van der Waals surface area contributed by atoms with Gasteiger partial charge in [-0.2, -0.15) is 4.89 Å². The molecule has 0 N–H and O–H groups in total. The standard InChI is InChI=1S/C6H8O3S/c1-2-8-9-6-4-3-5-10(6)7/h3-5H,2H2,1H3. The lowest BCUT2D eigenvalue weighted by Gasteiger charge is -2.00. The minimum Gasteiger partial charge on any atom is -0.327 e. The maximum Gasteiger partial charge on any atom is 0.232 e. The van der Waals surface area contributed by atoms with E-state index in [1.807, 2.05) is 0 Å². The Labute approximate surface area is 61.7 Å². The Balaban J connectivity index is 2.37. The van der Waals surface area contributed by atoms with Crippen LogP contribution >= 0.6 is 0 Å². The summed E-state index contributed by atoms with van der Waals surface area (Å²) in [4.78, 5) is 9.25. The summed E-state index contributed by atoms with van der Waals surface area (Å²) < 4.78 is 10.8. The number of rotatable bonds is 3. The van der Waals surface area contributed by atoms with Crippen molar-refractivity contribution >= 4 is 10.8 Å². The first kappa shape index (κ1) is 7.50. The summed E-state index contributed by atoms with van der Waals surface area (Å²) in [5, 5.41) is 1.90. The van der Waals surface area contributed by atoms with Gasteiger partial charge in [0.05, 0.1) is 6.61 Å². The van der Waals surface area contributed by atoms with E-state index in [4.69, 9.17) is 0 Å². The summed E-state index contributed by atoms with van der Waals surface area (Å²) in [5.41, 5.74) is 0. The van der Waals surface area contributed by atoms with Crippen LogP contribution in [0.5, 0.6) is 0 Å². The Hall–Kier alpha value is -0.610. The van der Waals surface area contributed by atoms with Crippen molar-refractivity contribution in [3.05, 3.63) is 22.7 Å². The van der Waals surface area contributed by atoms with Crippen LogP contribution in [0.1, 0.15) is 6.92 Å². The van der Waals surface area contributed by atoms with E-state index in [0.29, 0.717) is 11.7 Å². The maximum atomic E-state index is 10.8. The molecule has 0 aliphatic carbocycles. The van der Waals surface area contributed by atoms with Gasteiger partial charge in [0.15, 0.2) is 0 Å². The monoisotopic (exact) mass is 160 g/mol. The van der Waals surface area contributed by atoms with Gasteiger partial charge in [0.2, 0.25) is 5.09 Å². The van der Waals surface area contributed by atoms with E-state index in [0.717, 1.165) is 0 Å². The van der Waals surface area contributed by atoms with Gasteiger partial charge in [-0.3, -0.25) is 0 Å². The van der Waals surface area contributed by atoms with Crippen molar-refractivity contribution in [1.29, 1.82) is 0 Å². The molecule has 1 rings (SSSR count). The molecule has 0 spiro atoms. The summed E-state index contributed by atoms with van der Waals surface area (Å²) in [7, 11) is -1.13. The van der Waals surface area contributed by atoms with Gasteiger partial charge >= 0.3 is 0 Å². The predicted octanol–water partition coefficient (Wildman–Crippen LogP) is 1.07. The molecule has 0 bridgehead atoms. The molecule has 0 aromatic heterocycles. The highest BCUT2D eigenvalue weighted by molar-refractivity contribution is 7.91. The maximum absolute atomic E-state index is 10.8. The molecule has 0 saturated carbocycles. The van der Waals surface area contributed by atoms with Crippen LogP contribution in [0.2, 0.25) is 0 Å². The van der Waals surface area contributed by atoms with Crippen molar-refractivity contribution in [3.8, 4) is 0 Å². The molecule has 0 saturated heterocycles. The Kier molecular flexibility index (Phi) is 2.65. The smallest absolute Gasteiger partial charge is 0.232 e. The summed E-state index contributed by atoms with van der Waals surface area (Å²) in [6.07, 6.45) is 3.29. The molecule has 1 atom stereocenters. The minimum atomic E-state index is -1.13. The van der Waals surface area contributed by atoms with E-state index >= 15 is 0 Å². The molecule has 10 heavy (non-hydrogen) atoms. The van der Waals surface area contributed by atoms with Crippen LogP contribution in [-0.2, 0) is 20.6 Å². The van der Waals surface area contributed by atoms with Crippen LogP contribution in [0.15, 0.2) is 22.7 Å². The van der Waals surface area contributed by atoms with Crippen LogP contribution in [0.3, 0.4) is 0 Å². The van der Waals surface area contributed by atoms with Gasteiger partial charge in [0.1, 0.15) is 10.8 Å². The molecule has 1 aliphatic rings. The lowest BCUT2D eigenvalue weighted by Crippen LogP contribution is -1.95. The lowest BCUT2D eigenvalue weighted by molar-refractivity contribution is -0.249. The third-order valence-corrected chi connectivity index (χ3v) is 1.90. The fraction of sp³-hybridized carbons (Fsp3) is 0.333. The molecule has 3 nitrogen and oxygen atoms in total. The molecule has 56 valence electrons. The highest BCUT2D eigenvalue weighted by Gasteiger charge is 2.09. The summed E-state index contributed by atoms with van der Waals surface area (Å²) in [5.74, 6) is 0. The summed E-state index contributed by atoms with van der Waals surface area (Å²) in [6.45, 7) is 2.25. The third-order valence-electron chi connectivity index (χ3n) is 0.892. The summed E-state index contributed by atoms with van der Waals surface area (Å²) >= 11 is 0. The van der Waals surface area contributed by atoms with Crippen molar-refractivity contribution in [2.24, 2.45) is 0 Å². The molecule has 0 aromatic carbocycles. The number of hydrogen-bond acceptors (Lipinski definition) is 3. The van der Waals surface area contributed by atoms with Gasteiger partial charge in [-0.1, -0.05) is 0 Å². The highest BCUT2D eigenvalue weighted by atomic mass is 32.2. The molecular formula is C6H8O3S. The first-order valence-corrected chi connectivity index (χ1v) is 4.14. The molecule has 4 heteroatoms. The molecule has 0 fully saturated rings. The van der Waals surface area contributed by atoms with Gasteiger partial charge in [-0.05, 0) is 19.1 Å². The molecule has 0 amide bonds. The summed E-state index contributed by atoms with van der Waals surface area (Å²) in [6, 6.07) is 0. The van der Waals surface area contributed by atoms with Crippen molar-refractivity contribution < 1.29 is 14.0 Å². The second-order valence-electron chi connectivity index (χ2n) is 1.60. The zero-order valence-corrected chi connectivity index (χ0v) is 6.39. The molecular weight excluding hydrogens is 152 g/mol. The Morgan fingerprint density at radius 1 is 1.70 bits per heavy atom. The number of allylic oxidation sites excluding steroid dienone is 2. The van der Waals surface area contributed by atoms with Gasteiger partial charge in [-0.25, -0.2) is 4.21 Å². The average molecular weight is 160 g/mol. The van der Waals surface area contributed by atoms with E-state index in [2.05, 4.69) is 9.78 Å². The second-order valence-corrected chi connectivity index (χ2v) is 2.87.